The Bertz CT molecular complexity index is 976. The van der Waals surface area contributed by atoms with Gasteiger partial charge < -0.3 is 10.6 Å². The number of anilines is 2. The molecule has 1 unspecified atom stereocenters. The molecule has 0 aliphatic carbocycles. The van der Waals surface area contributed by atoms with Crippen LogP contribution in [0.3, 0.4) is 0 Å². The molecule has 3 N–H and O–H groups in total. The van der Waals surface area contributed by atoms with Gasteiger partial charge >= 0.3 is 0 Å². The summed E-state index contributed by atoms with van der Waals surface area (Å²) in [5, 5.41) is 5.42. The van der Waals surface area contributed by atoms with Gasteiger partial charge in [0.2, 0.25) is 15.9 Å². The number of sulfonamides is 1. The third-order valence-electron chi connectivity index (χ3n) is 3.58. The van der Waals surface area contributed by atoms with E-state index in [2.05, 4.69) is 31.3 Å². The smallest absolute Gasteiger partial charge is 0.253 e. The van der Waals surface area contributed by atoms with Crippen molar-refractivity contribution in [3.63, 3.8) is 0 Å². The van der Waals surface area contributed by atoms with Crippen LogP contribution in [0.1, 0.15) is 35.8 Å². The standard InChI is InChI=1S/C18H20BrN3O4S/c1-11(13-5-4-6-14(19)9-13)20-18(24)16-10-15(21-12(2)23)7-8-17(16)22-27(3,25)26/h4-11,22H,1-3H3,(H,20,24)(H,21,23). The van der Waals surface area contributed by atoms with Crippen LogP contribution in [0, 0.1) is 0 Å². The Labute approximate surface area is 166 Å². The molecule has 0 aliphatic rings. The molecule has 0 heterocycles. The number of hydrogen-bond donors (Lipinski definition) is 3. The number of hydrogen-bond acceptors (Lipinski definition) is 4. The number of carbonyl (C=O) groups is 2. The van der Waals surface area contributed by atoms with Crippen molar-refractivity contribution in [3.8, 4) is 0 Å². The molecule has 2 aromatic rings. The number of rotatable bonds is 6. The number of halogens is 1. The second-order valence-electron chi connectivity index (χ2n) is 6.07. The Morgan fingerprint density at radius 3 is 2.41 bits per heavy atom. The van der Waals surface area contributed by atoms with Crippen LogP contribution in [0.4, 0.5) is 11.4 Å². The molecular weight excluding hydrogens is 434 g/mol. The molecule has 0 saturated heterocycles. The lowest BCUT2D eigenvalue weighted by Gasteiger charge is -2.17. The Morgan fingerprint density at radius 1 is 1.11 bits per heavy atom. The highest BCUT2D eigenvalue weighted by Crippen LogP contribution is 2.24. The van der Waals surface area contributed by atoms with Gasteiger partial charge in [-0.3, -0.25) is 14.3 Å². The van der Waals surface area contributed by atoms with Crippen LogP contribution < -0.4 is 15.4 Å². The van der Waals surface area contributed by atoms with E-state index in [-0.39, 0.29) is 23.2 Å². The van der Waals surface area contributed by atoms with Crippen LogP contribution >= 0.6 is 15.9 Å². The minimum absolute atomic E-state index is 0.105. The van der Waals surface area contributed by atoms with E-state index in [1.165, 1.54) is 25.1 Å². The Kier molecular flexibility index (Phi) is 6.61. The summed E-state index contributed by atoms with van der Waals surface area (Å²) in [5.74, 6) is -0.770. The number of amides is 2. The van der Waals surface area contributed by atoms with Crippen LogP contribution in [0.25, 0.3) is 0 Å². The Balaban J connectivity index is 2.34. The van der Waals surface area contributed by atoms with Gasteiger partial charge in [-0.25, -0.2) is 8.42 Å². The molecule has 0 saturated carbocycles. The van der Waals surface area contributed by atoms with Crippen LogP contribution in [0.5, 0.6) is 0 Å². The van der Waals surface area contributed by atoms with E-state index in [4.69, 9.17) is 0 Å². The van der Waals surface area contributed by atoms with Gasteiger partial charge in [-0.1, -0.05) is 28.1 Å². The van der Waals surface area contributed by atoms with Crippen LogP contribution in [0.15, 0.2) is 46.9 Å². The maximum atomic E-state index is 12.8. The molecule has 0 spiro atoms. The molecule has 27 heavy (non-hydrogen) atoms. The summed E-state index contributed by atoms with van der Waals surface area (Å²) >= 11 is 3.39. The van der Waals surface area contributed by atoms with Gasteiger partial charge in [0.25, 0.3) is 5.91 Å². The zero-order chi connectivity index (χ0) is 20.2. The number of benzene rings is 2. The predicted molar refractivity (Wildman–Crippen MR) is 109 cm³/mol. The van der Waals surface area contributed by atoms with Crippen molar-refractivity contribution in [1.82, 2.24) is 5.32 Å². The summed E-state index contributed by atoms with van der Waals surface area (Å²) in [6, 6.07) is 11.6. The lowest BCUT2D eigenvalue weighted by Crippen LogP contribution is -2.28. The summed E-state index contributed by atoms with van der Waals surface area (Å²) < 4.78 is 26.4. The molecule has 2 aromatic carbocycles. The lowest BCUT2D eigenvalue weighted by molar-refractivity contribution is -0.114. The third-order valence-corrected chi connectivity index (χ3v) is 4.66. The zero-order valence-electron chi connectivity index (χ0n) is 15.0. The first-order valence-corrected chi connectivity index (χ1v) is 10.7. The van der Waals surface area contributed by atoms with Gasteiger partial charge in [0.15, 0.2) is 0 Å². The first-order chi connectivity index (χ1) is 12.5. The van der Waals surface area contributed by atoms with Gasteiger partial charge in [-0.2, -0.15) is 0 Å². The molecule has 0 radical (unpaired) electrons. The maximum absolute atomic E-state index is 12.8. The second kappa shape index (κ2) is 8.53. The zero-order valence-corrected chi connectivity index (χ0v) is 17.4. The minimum Gasteiger partial charge on any atom is -0.345 e. The van der Waals surface area contributed by atoms with E-state index in [1.54, 1.807) is 0 Å². The maximum Gasteiger partial charge on any atom is 0.253 e. The molecule has 144 valence electrons. The van der Waals surface area contributed by atoms with E-state index >= 15 is 0 Å². The van der Waals surface area contributed by atoms with Crippen LogP contribution in [-0.4, -0.2) is 26.5 Å². The van der Waals surface area contributed by atoms with Gasteiger partial charge in [-0.15, -0.1) is 0 Å². The van der Waals surface area contributed by atoms with Crippen molar-refractivity contribution in [1.29, 1.82) is 0 Å². The van der Waals surface area contributed by atoms with Crippen LogP contribution in [0.2, 0.25) is 0 Å². The normalized spacial score (nSPS) is 12.1. The van der Waals surface area contributed by atoms with E-state index in [1.807, 2.05) is 31.2 Å². The molecule has 2 rings (SSSR count). The fourth-order valence-electron chi connectivity index (χ4n) is 2.44. The fraction of sp³-hybridized carbons (Fsp3) is 0.222. The molecule has 2 amide bonds. The van der Waals surface area contributed by atoms with Crippen LogP contribution in [-0.2, 0) is 14.8 Å². The first-order valence-electron chi connectivity index (χ1n) is 8.01. The second-order valence-corrected chi connectivity index (χ2v) is 8.73. The predicted octanol–water partition coefficient (Wildman–Crippen LogP) is 3.27. The lowest BCUT2D eigenvalue weighted by atomic mass is 10.1. The highest BCUT2D eigenvalue weighted by molar-refractivity contribution is 9.10. The van der Waals surface area contributed by atoms with E-state index in [9.17, 15) is 18.0 Å². The summed E-state index contributed by atoms with van der Waals surface area (Å²) in [7, 11) is -3.58. The van der Waals surface area contributed by atoms with Gasteiger partial charge in [0.1, 0.15) is 0 Å². The summed E-state index contributed by atoms with van der Waals surface area (Å²) in [5.41, 5.74) is 1.51. The van der Waals surface area contributed by atoms with E-state index in [0.29, 0.717) is 5.69 Å². The summed E-state index contributed by atoms with van der Waals surface area (Å²) in [4.78, 5) is 24.1. The average Bonchev–Trinajstić information content (AvgIpc) is 2.54. The number of carbonyl (C=O) groups excluding carboxylic acids is 2. The van der Waals surface area contributed by atoms with Crippen molar-refractivity contribution in [2.75, 3.05) is 16.3 Å². The molecule has 0 aliphatic heterocycles. The number of nitrogens with one attached hydrogen (secondary N) is 3. The van der Waals surface area contributed by atoms with Gasteiger partial charge in [0, 0.05) is 17.1 Å². The van der Waals surface area contributed by atoms with E-state index < -0.39 is 15.9 Å². The topological polar surface area (TPSA) is 104 Å². The molecular formula is C18H20BrN3O4S. The van der Waals surface area contributed by atoms with Crippen molar-refractivity contribution in [2.45, 2.75) is 19.9 Å². The van der Waals surface area contributed by atoms with Crippen molar-refractivity contribution in [3.05, 3.63) is 58.1 Å². The van der Waals surface area contributed by atoms with Crippen molar-refractivity contribution < 1.29 is 18.0 Å². The molecule has 0 fully saturated rings. The monoisotopic (exact) mass is 453 g/mol. The fourth-order valence-corrected chi connectivity index (χ4v) is 3.43. The highest BCUT2D eigenvalue weighted by atomic mass is 79.9. The van der Waals surface area contributed by atoms with Gasteiger partial charge in [-0.05, 0) is 42.8 Å². The SMILES string of the molecule is CC(=O)Nc1ccc(NS(C)(=O)=O)c(C(=O)NC(C)c2cccc(Br)c2)c1. The van der Waals surface area contributed by atoms with Gasteiger partial charge in [0.05, 0.1) is 23.5 Å². The van der Waals surface area contributed by atoms with Crippen molar-refractivity contribution >= 4 is 49.1 Å². The quantitative estimate of drug-likeness (QED) is 0.623. The largest absolute Gasteiger partial charge is 0.345 e. The minimum atomic E-state index is -3.58. The average molecular weight is 454 g/mol. The molecule has 9 heteroatoms. The molecule has 0 aromatic heterocycles. The van der Waals surface area contributed by atoms with Crippen molar-refractivity contribution in [2.24, 2.45) is 0 Å². The van der Waals surface area contributed by atoms with E-state index in [0.717, 1.165) is 16.3 Å². The summed E-state index contributed by atoms with van der Waals surface area (Å²) in [6.07, 6.45) is 1.00. The Hall–Kier alpha value is -2.39. The molecule has 7 nitrogen and oxygen atoms in total. The molecule has 0 bridgehead atoms. The third kappa shape index (κ3) is 6.37. The summed E-state index contributed by atoms with van der Waals surface area (Å²) in [6.45, 7) is 3.17. The first kappa shape index (κ1) is 20.9. The highest BCUT2D eigenvalue weighted by Gasteiger charge is 2.18. The molecule has 1 atom stereocenters. The Morgan fingerprint density at radius 2 is 1.81 bits per heavy atom.